The molecule has 2 aromatic rings. The van der Waals surface area contributed by atoms with Gasteiger partial charge in [0, 0.05) is 11.3 Å². The van der Waals surface area contributed by atoms with Crippen molar-refractivity contribution in [1.82, 2.24) is 9.97 Å². The molecule has 0 aliphatic heterocycles. The summed E-state index contributed by atoms with van der Waals surface area (Å²) in [5, 5.41) is 10.0. The van der Waals surface area contributed by atoms with Gasteiger partial charge in [0.05, 0.1) is 22.3 Å². The molecule has 1 aromatic carbocycles. The van der Waals surface area contributed by atoms with E-state index in [-0.39, 0.29) is 6.61 Å². The monoisotopic (exact) mass is 268 g/mol. The van der Waals surface area contributed by atoms with Gasteiger partial charge in [0.2, 0.25) is 0 Å². The highest BCUT2D eigenvalue weighted by atomic mass is 35.5. The van der Waals surface area contributed by atoms with Gasteiger partial charge in [0.25, 0.3) is 0 Å². The van der Waals surface area contributed by atoms with Crippen LogP contribution in [-0.4, -0.2) is 15.1 Å². The third-order valence-corrected chi connectivity index (χ3v) is 2.99. The molecule has 0 amide bonds. The van der Waals surface area contributed by atoms with Gasteiger partial charge in [-0.25, -0.2) is 9.97 Å². The Hall–Kier alpha value is -1.16. The maximum absolute atomic E-state index is 9.09. The fourth-order valence-electron chi connectivity index (χ4n) is 1.48. The Morgan fingerprint density at radius 3 is 2.53 bits per heavy atom. The smallest absolute Gasteiger partial charge is 0.159 e. The van der Waals surface area contributed by atoms with Crippen LogP contribution in [0.4, 0.5) is 0 Å². The minimum absolute atomic E-state index is 0.113. The van der Waals surface area contributed by atoms with Crippen LogP contribution in [0, 0.1) is 6.92 Å². The van der Waals surface area contributed by atoms with Crippen LogP contribution in [0.1, 0.15) is 11.4 Å². The highest BCUT2D eigenvalue weighted by Gasteiger charge is 2.06. The van der Waals surface area contributed by atoms with Gasteiger partial charge in [-0.1, -0.05) is 23.2 Å². The molecule has 1 N–H and O–H groups in total. The minimum Gasteiger partial charge on any atom is -0.390 e. The van der Waals surface area contributed by atoms with E-state index in [2.05, 4.69) is 9.97 Å². The van der Waals surface area contributed by atoms with Crippen molar-refractivity contribution in [2.45, 2.75) is 13.5 Å². The predicted octanol–water partition coefficient (Wildman–Crippen LogP) is 3.25. The van der Waals surface area contributed by atoms with Gasteiger partial charge in [0.1, 0.15) is 0 Å². The van der Waals surface area contributed by atoms with Crippen molar-refractivity contribution in [1.29, 1.82) is 0 Å². The van der Waals surface area contributed by atoms with E-state index in [1.807, 2.05) is 6.92 Å². The Balaban J connectivity index is 2.52. The van der Waals surface area contributed by atoms with Crippen molar-refractivity contribution >= 4 is 23.2 Å². The molecule has 0 saturated heterocycles. The Morgan fingerprint density at radius 1 is 1.12 bits per heavy atom. The third-order valence-electron chi connectivity index (χ3n) is 2.25. The largest absolute Gasteiger partial charge is 0.390 e. The van der Waals surface area contributed by atoms with Gasteiger partial charge in [-0.15, -0.1) is 0 Å². The van der Waals surface area contributed by atoms with Crippen molar-refractivity contribution in [3.05, 3.63) is 45.7 Å². The summed E-state index contributed by atoms with van der Waals surface area (Å²) in [4.78, 5) is 8.53. The first-order chi connectivity index (χ1) is 8.10. The Kier molecular flexibility index (Phi) is 3.62. The molecule has 0 aliphatic carbocycles. The second kappa shape index (κ2) is 5.00. The van der Waals surface area contributed by atoms with Crippen LogP contribution in [0.5, 0.6) is 0 Å². The molecule has 17 heavy (non-hydrogen) atoms. The summed E-state index contributed by atoms with van der Waals surface area (Å²) in [5.74, 6) is 0.535. The van der Waals surface area contributed by atoms with Crippen LogP contribution in [0.25, 0.3) is 11.4 Å². The second-order valence-corrected chi connectivity index (χ2v) is 4.43. The molecule has 5 heteroatoms. The lowest BCUT2D eigenvalue weighted by molar-refractivity contribution is 0.276. The molecule has 88 valence electrons. The summed E-state index contributed by atoms with van der Waals surface area (Å²) in [7, 11) is 0. The number of aryl methyl sites for hydroxylation is 1. The number of aliphatic hydroxyl groups is 1. The standard InChI is InChI=1S/C12H10Cl2N2O/c1-7-4-9(6-17)16-12(15-7)8-2-3-10(13)11(14)5-8/h2-5,17H,6H2,1H3. The fourth-order valence-corrected chi connectivity index (χ4v) is 1.78. The van der Waals surface area contributed by atoms with Gasteiger partial charge in [0.15, 0.2) is 5.82 Å². The van der Waals surface area contributed by atoms with E-state index in [0.717, 1.165) is 11.3 Å². The van der Waals surface area contributed by atoms with E-state index in [0.29, 0.717) is 21.6 Å². The minimum atomic E-state index is -0.113. The molecule has 0 saturated carbocycles. The SMILES string of the molecule is Cc1cc(CO)nc(-c2ccc(Cl)c(Cl)c2)n1. The average Bonchev–Trinajstić information content (AvgIpc) is 2.32. The molecular formula is C12H10Cl2N2O. The van der Waals surface area contributed by atoms with Gasteiger partial charge in [-0.2, -0.15) is 0 Å². The third kappa shape index (κ3) is 2.75. The summed E-state index contributed by atoms with van der Waals surface area (Å²) in [5.41, 5.74) is 2.15. The molecule has 0 radical (unpaired) electrons. The van der Waals surface area contributed by atoms with E-state index >= 15 is 0 Å². The van der Waals surface area contributed by atoms with E-state index < -0.39 is 0 Å². The van der Waals surface area contributed by atoms with Crippen LogP contribution in [0.3, 0.4) is 0 Å². The lowest BCUT2D eigenvalue weighted by Crippen LogP contribution is -1.97. The van der Waals surface area contributed by atoms with Crippen molar-refractivity contribution in [2.24, 2.45) is 0 Å². The van der Waals surface area contributed by atoms with E-state index in [1.165, 1.54) is 0 Å². The molecule has 0 atom stereocenters. The van der Waals surface area contributed by atoms with Crippen LogP contribution in [-0.2, 0) is 6.61 Å². The van der Waals surface area contributed by atoms with Gasteiger partial charge in [-0.3, -0.25) is 0 Å². The number of hydrogen-bond acceptors (Lipinski definition) is 3. The molecule has 1 heterocycles. The summed E-state index contributed by atoms with van der Waals surface area (Å²) in [6.07, 6.45) is 0. The summed E-state index contributed by atoms with van der Waals surface area (Å²) < 4.78 is 0. The normalized spacial score (nSPS) is 10.6. The Labute approximate surface area is 109 Å². The van der Waals surface area contributed by atoms with Crippen molar-refractivity contribution in [2.75, 3.05) is 0 Å². The molecule has 3 nitrogen and oxygen atoms in total. The lowest BCUT2D eigenvalue weighted by Gasteiger charge is -2.05. The van der Waals surface area contributed by atoms with Crippen LogP contribution < -0.4 is 0 Å². The first-order valence-corrected chi connectivity index (χ1v) is 5.76. The number of nitrogens with zero attached hydrogens (tertiary/aromatic N) is 2. The zero-order chi connectivity index (χ0) is 12.4. The maximum atomic E-state index is 9.09. The average molecular weight is 269 g/mol. The van der Waals surface area contributed by atoms with Crippen LogP contribution in [0.2, 0.25) is 10.0 Å². The molecule has 0 aliphatic rings. The van der Waals surface area contributed by atoms with Gasteiger partial charge >= 0.3 is 0 Å². The number of rotatable bonds is 2. The molecule has 1 aromatic heterocycles. The van der Waals surface area contributed by atoms with Crippen LogP contribution >= 0.6 is 23.2 Å². The molecule has 0 fully saturated rings. The number of benzene rings is 1. The number of halogens is 2. The van der Waals surface area contributed by atoms with E-state index in [9.17, 15) is 0 Å². The molecule has 0 bridgehead atoms. The number of aliphatic hydroxyl groups excluding tert-OH is 1. The second-order valence-electron chi connectivity index (χ2n) is 3.61. The van der Waals surface area contributed by atoms with Gasteiger partial charge < -0.3 is 5.11 Å². The Bertz CT molecular complexity index is 558. The number of hydrogen-bond donors (Lipinski definition) is 1. The summed E-state index contributed by atoms with van der Waals surface area (Å²) in [6, 6.07) is 6.94. The van der Waals surface area contributed by atoms with Crippen LogP contribution in [0.15, 0.2) is 24.3 Å². The zero-order valence-electron chi connectivity index (χ0n) is 9.11. The summed E-state index contributed by atoms with van der Waals surface area (Å²) >= 11 is 11.8. The topological polar surface area (TPSA) is 46.0 Å². The summed E-state index contributed by atoms with van der Waals surface area (Å²) in [6.45, 7) is 1.74. The van der Waals surface area contributed by atoms with Crippen molar-refractivity contribution < 1.29 is 5.11 Å². The van der Waals surface area contributed by atoms with E-state index in [4.69, 9.17) is 28.3 Å². The lowest BCUT2D eigenvalue weighted by atomic mass is 10.2. The highest BCUT2D eigenvalue weighted by molar-refractivity contribution is 6.42. The molecule has 0 unspecified atom stereocenters. The number of aromatic nitrogens is 2. The first kappa shape index (κ1) is 12.3. The molecular weight excluding hydrogens is 259 g/mol. The van der Waals surface area contributed by atoms with E-state index in [1.54, 1.807) is 24.3 Å². The van der Waals surface area contributed by atoms with Crippen molar-refractivity contribution in [3.63, 3.8) is 0 Å². The molecule has 0 spiro atoms. The van der Waals surface area contributed by atoms with Gasteiger partial charge in [-0.05, 0) is 31.2 Å². The fraction of sp³-hybridized carbons (Fsp3) is 0.167. The van der Waals surface area contributed by atoms with Crippen molar-refractivity contribution in [3.8, 4) is 11.4 Å². The predicted molar refractivity (Wildman–Crippen MR) is 68.1 cm³/mol. The maximum Gasteiger partial charge on any atom is 0.159 e. The first-order valence-electron chi connectivity index (χ1n) is 5.01. The highest BCUT2D eigenvalue weighted by Crippen LogP contribution is 2.27. The molecule has 2 rings (SSSR count). The Morgan fingerprint density at radius 2 is 1.88 bits per heavy atom. The quantitative estimate of drug-likeness (QED) is 0.910. The zero-order valence-corrected chi connectivity index (χ0v) is 10.6.